The molecule has 0 fully saturated rings. The number of ether oxygens (including phenoxy) is 1. The van der Waals surface area contributed by atoms with Gasteiger partial charge in [0.2, 0.25) is 5.91 Å². The van der Waals surface area contributed by atoms with Crippen molar-refractivity contribution < 1.29 is 24.5 Å². The van der Waals surface area contributed by atoms with Crippen molar-refractivity contribution in [1.29, 1.82) is 0 Å². The minimum atomic E-state index is -0.667. The number of hydrogen-bond donors (Lipinski definition) is 3. The smallest absolute Gasteiger partial charge is 0.305 e. The molecule has 0 aliphatic heterocycles. The van der Waals surface area contributed by atoms with Gasteiger partial charge in [-0.15, -0.1) is 0 Å². The summed E-state index contributed by atoms with van der Waals surface area (Å²) in [5.41, 5.74) is 0. The molecule has 6 nitrogen and oxygen atoms in total. The topological polar surface area (TPSA) is 95.9 Å². The fourth-order valence-corrected chi connectivity index (χ4v) is 11.8. The van der Waals surface area contributed by atoms with Crippen molar-refractivity contribution in [2.75, 3.05) is 13.2 Å². The fourth-order valence-electron chi connectivity index (χ4n) is 11.8. The molecule has 2 atom stereocenters. The van der Waals surface area contributed by atoms with Crippen LogP contribution in [0.5, 0.6) is 0 Å². The molecule has 0 aliphatic rings. The first-order chi connectivity index (χ1) is 39.0. The molecular weight excluding hydrogens is 971 g/mol. The van der Waals surface area contributed by atoms with Gasteiger partial charge in [0.1, 0.15) is 0 Å². The Kier molecular flexibility index (Phi) is 67.9. The Hall–Kier alpha value is -1.40. The Morgan fingerprint density at radius 3 is 0.899 bits per heavy atom. The van der Waals surface area contributed by atoms with E-state index in [4.69, 9.17) is 4.74 Å². The van der Waals surface area contributed by atoms with E-state index in [0.29, 0.717) is 25.9 Å². The van der Waals surface area contributed by atoms with Gasteiger partial charge in [-0.05, 0) is 51.4 Å². The van der Waals surface area contributed by atoms with E-state index in [0.717, 1.165) is 38.5 Å². The fraction of sp³-hybridized carbons (Fsp3) is 0.945. The molecule has 0 aromatic carbocycles. The summed E-state index contributed by atoms with van der Waals surface area (Å²) < 4.78 is 5.50. The maximum Gasteiger partial charge on any atom is 0.305 e. The third-order valence-corrected chi connectivity index (χ3v) is 17.3. The van der Waals surface area contributed by atoms with E-state index in [-0.39, 0.29) is 18.5 Å². The van der Waals surface area contributed by atoms with Crippen LogP contribution in [0.3, 0.4) is 0 Å². The standard InChI is InChI=1S/C73H143NO5/c1-3-5-7-9-11-13-15-17-19-21-22-28-31-34-37-41-45-49-53-57-61-65-71(76)70(69-75)74-72(77)66-62-58-54-50-46-42-38-35-32-29-26-24-23-25-27-30-33-36-40-44-48-52-56-60-64-68-79-73(78)67-63-59-55-51-47-43-39-20-18-16-14-12-10-8-6-4-2/h24,26,70-71,75-76H,3-23,25,27-69H2,1-2H3,(H,74,77)/b26-24-. The van der Waals surface area contributed by atoms with Crippen molar-refractivity contribution in [2.24, 2.45) is 0 Å². The SMILES string of the molecule is CCCCCCCCCCCCCCCCCCCCCCCC(O)C(CO)NC(=O)CCCCCCCCCCC/C=C\CCCCCCCCCCCCCCOC(=O)CCCCCCCCCCCCCCCCCC. The van der Waals surface area contributed by atoms with Gasteiger partial charge in [-0.2, -0.15) is 0 Å². The van der Waals surface area contributed by atoms with E-state index in [1.807, 2.05) is 0 Å². The lowest BCUT2D eigenvalue weighted by Gasteiger charge is -2.22. The van der Waals surface area contributed by atoms with Crippen LogP contribution in [-0.4, -0.2) is 47.4 Å². The molecule has 0 aliphatic carbocycles. The third kappa shape index (κ3) is 65.6. The molecule has 0 bridgehead atoms. The van der Waals surface area contributed by atoms with Crippen molar-refractivity contribution in [3.63, 3.8) is 0 Å². The molecule has 0 rings (SSSR count). The van der Waals surface area contributed by atoms with E-state index < -0.39 is 12.1 Å². The third-order valence-electron chi connectivity index (χ3n) is 17.3. The van der Waals surface area contributed by atoms with Crippen LogP contribution in [0.4, 0.5) is 0 Å². The van der Waals surface area contributed by atoms with Crippen molar-refractivity contribution in [3.05, 3.63) is 12.2 Å². The van der Waals surface area contributed by atoms with Gasteiger partial charge >= 0.3 is 5.97 Å². The highest BCUT2D eigenvalue weighted by molar-refractivity contribution is 5.76. The number of nitrogens with one attached hydrogen (secondary N) is 1. The lowest BCUT2D eigenvalue weighted by atomic mass is 10.0. The second-order valence-corrected chi connectivity index (χ2v) is 25.3. The molecule has 6 heteroatoms. The van der Waals surface area contributed by atoms with E-state index in [1.165, 1.54) is 347 Å². The van der Waals surface area contributed by atoms with Crippen LogP contribution in [0.15, 0.2) is 12.2 Å². The van der Waals surface area contributed by atoms with Crippen LogP contribution in [0.1, 0.15) is 418 Å². The van der Waals surface area contributed by atoms with Crippen LogP contribution < -0.4 is 5.32 Å². The largest absolute Gasteiger partial charge is 0.466 e. The monoisotopic (exact) mass is 1110 g/mol. The first-order valence-electron chi connectivity index (χ1n) is 36.4. The molecule has 79 heavy (non-hydrogen) atoms. The summed E-state index contributed by atoms with van der Waals surface area (Å²) in [5, 5.41) is 23.4. The number of allylic oxidation sites excluding steroid dienone is 2. The Morgan fingerprint density at radius 1 is 0.342 bits per heavy atom. The zero-order valence-electron chi connectivity index (χ0n) is 53.9. The van der Waals surface area contributed by atoms with E-state index >= 15 is 0 Å². The molecule has 0 saturated carbocycles. The molecule has 1 amide bonds. The maximum atomic E-state index is 12.5. The van der Waals surface area contributed by atoms with Crippen LogP contribution in [-0.2, 0) is 14.3 Å². The van der Waals surface area contributed by atoms with Gasteiger partial charge in [-0.25, -0.2) is 0 Å². The molecule has 0 aromatic heterocycles. The van der Waals surface area contributed by atoms with Gasteiger partial charge in [0.25, 0.3) is 0 Å². The molecule has 470 valence electrons. The lowest BCUT2D eigenvalue weighted by molar-refractivity contribution is -0.143. The predicted octanol–water partition coefficient (Wildman–Crippen LogP) is 23.5. The molecule has 0 radical (unpaired) electrons. The van der Waals surface area contributed by atoms with Crippen molar-refractivity contribution >= 4 is 11.9 Å². The van der Waals surface area contributed by atoms with Gasteiger partial charge in [-0.1, -0.05) is 366 Å². The van der Waals surface area contributed by atoms with Gasteiger partial charge in [0, 0.05) is 12.8 Å². The number of hydrogen-bond acceptors (Lipinski definition) is 5. The average molecular weight is 1110 g/mol. The highest BCUT2D eigenvalue weighted by Gasteiger charge is 2.20. The van der Waals surface area contributed by atoms with Crippen molar-refractivity contribution in [1.82, 2.24) is 5.32 Å². The summed E-state index contributed by atoms with van der Waals surface area (Å²) in [4.78, 5) is 24.6. The summed E-state index contributed by atoms with van der Waals surface area (Å²) in [6, 6.07) is -0.544. The number of rotatable bonds is 69. The van der Waals surface area contributed by atoms with Crippen molar-refractivity contribution in [2.45, 2.75) is 431 Å². The highest BCUT2D eigenvalue weighted by Crippen LogP contribution is 2.19. The number of amides is 1. The van der Waals surface area contributed by atoms with E-state index in [1.54, 1.807) is 0 Å². The average Bonchev–Trinajstić information content (AvgIpc) is 3.45. The molecule has 3 N–H and O–H groups in total. The van der Waals surface area contributed by atoms with Crippen LogP contribution >= 0.6 is 0 Å². The first kappa shape index (κ1) is 77.6. The van der Waals surface area contributed by atoms with Crippen LogP contribution in [0, 0.1) is 0 Å². The Balaban J connectivity index is 3.38. The summed E-state index contributed by atoms with van der Waals surface area (Å²) in [6.07, 6.45) is 85.5. The van der Waals surface area contributed by atoms with Gasteiger partial charge < -0.3 is 20.3 Å². The minimum absolute atomic E-state index is 0.0182. The molecule has 2 unspecified atom stereocenters. The Labute approximate surface area is 495 Å². The lowest BCUT2D eigenvalue weighted by Crippen LogP contribution is -2.45. The molecule has 0 heterocycles. The number of unbranched alkanes of at least 4 members (excludes halogenated alkanes) is 56. The normalized spacial score (nSPS) is 12.5. The first-order valence-corrected chi connectivity index (χ1v) is 36.4. The quantitative estimate of drug-likeness (QED) is 0.0320. The van der Waals surface area contributed by atoms with Crippen LogP contribution in [0.2, 0.25) is 0 Å². The summed E-state index contributed by atoms with van der Waals surface area (Å²) >= 11 is 0. The summed E-state index contributed by atoms with van der Waals surface area (Å²) in [5.74, 6) is -0.0148. The predicted molar refractivity (Wildman–Crippen MR) is 347 cm³/mol. The maximum absolute atomic E-state index is 12.5. The van der Waals surface area contributed by atoms with E-state index in [9.17, 15) is 19.8 Å². The summed E-state index contributed by atoms with van der Waals surface area (Å²) in [6.45, 7) is 5.00. The van der Waals surface area contributed by atoms with Crippen LogP contribution in [0.25, 0.3) is 0 Å². The molecule has 0 saturated heterocycles. The number of aliphatic hydroxyl groups is 2. The van der Waals surface area contributed by atoms with Gasteiger partial charge in [0.15, 0.2) is 0 Å². The number of aliphatic hydroxyl groups excluding tert-OH is 2. The summed E-state index contributed by atoms with van der Waals surface area (Å²) in [7, 11) is 0. The van der Waals surface area contributed by atoms with Crippen molar-refractivity contribution in [3.8, 4) is 0 Å². The van der Waals surface area contributed by atoms with E-state index in [2.05, 4.69) is 31.3 Å². The molecule has 0 spiro atoms. The molecular formula is C73H143NO5. The number of carbonyl (C=O) groups excluding carboxylic acids is 2. The Morgan fingerprint density at radius 2 is 0.595 bits per heavy atom. The zero-order valence-corrected chi connectivity index (χ0v) is 53.9. The molecule has 0 aromatic rings. The second kappa shape index (κ2) is 69.1. The van der Waals surface area contributed by atoms with Gasteiger partial charge in [0.05, 0.1) is 25.4 Å². The number of carbonyl (C=O) groups is 2. The Bertz CT molecular complexity index is 1190. The zero-order chi connectivity index (χ0) is 57.1. The highest BCUT2D eigenvalue weighted by atomic mass is 16.5. The van der Waals surface area contributed by atoms with Gasteiger partial charge in [-0.3, -0.25) is 9.59 Å². The number of esters is 1. The minimum Gasteiger partial charge on any atom is -0.466 e. The second-order valence-electron chi connectivity index (χ2n) is 25.3.